The van der Waals surface area contributed by atoms with E-state index in [9.17, 15) is 9.59 Å². The summed E-state index contributed by atoms with van der Waals surface area (Å²) >= 11 is 1.26. The van der Waals surface area contributed by atoms with E-state index in [1.165, 1.54) is 31.6 Å². The fourth-order valence-electron chi connectivity index (χ4n) is 3.50. The molecule has 2 aromatic carbocycles. The molecule has 3 aromatic heterocycles. The number of thiazole rings is 1. The van der Waals surface area contributed by atoms with Crippen LogP contribution < -0.4 is 11.0 Å². The summed E-state index contributed by atoms with van der Waals surface area (Å²) in [7, 11) is 3.22. The molecule has 5 rings (SSSR count). The van der Waals surface area contributed by atoms with Crippen molar-refractivity contribution in [3.63, 3.8) is 0 Å². The Bertz CT molecular complexity index is 1510. The molecule has 0 bridgehead atoms. The van der Waals surface area contributed by atoms with Crippen molar-refractivity contribution >= 4 is 33.3 Å². The lowest BCUT2D eigenvalue weighted by Crippen LogP contribution is -2.21. The summed E-state index contributed by atoms with van der Waals surface area (Å²) in [6.45, 7) is 0. The van der Waals surface area contributed by atoms with Crippen LogP contribution in [0.5, 0.6) is 0 Å². The van der Waals surface area contributed by atoms with Crippen LogP contribution in [-0.2, 0) is 14.1 Å². The largest absolute Gasteiger partial charge is 0.350 e. The van der Waals surface area contributed by atoms with Crippen molar-refractivity contribution in [2.75, 3.05) is 5.32 Å². The average Bonchev–Trinajstić information content (AvgIpc) is 3.50. The van der Waals surface area contributed by atoms with Gasteiger partial charge in [0.25, 0.3) is 5.91 Å². The second kappa shape index (κ2) is 7.54. The van der Waals surface area contributed by atoms with Crippen LogP contribution in [0, 0.1) is 5.82 Å². The SMILES string of the molecule is Cn1ncn(-c2ccc(-c3ccc4c(c(C(=O)Nc5nccs5)nn4C)c3F)cc2)c1=O. The number of anilines is 1. The number of aryl methyl sites for hydroxylation is 2. The molecule has 3 heterocycles. The second-order valence-corrected chi connectivity index (χ2v) is 7.93. The van der Waals surface area contributed by atoms with Gasteiger partial charge in [-0.3, -0.25) is 14.8 Å². The van der Waals surface area contributed by atoms with Crippen LogP contribution in [0.25, 0.3) is 27.7 Å². The fourth-order valence-corrected chi connectivity index (χ4v) is 4.02. The maximum atomic E-state index is 15.6. The van der Waals surface area contributed by atoms with Gasteiger partial charge in [-0.1, -0.05) is 12.1 Å². The molecule has 11 heteroatoms. The number of halogens is 1. The molecule has 5 aromatic rings. The van der Waals surface area contributed by atoms with Gasteiger partial charge in [-0.15, -0.1) is 11.3 Å². The van der Waals surface area contributed by atoms with E-state index in [4.69, 9.17) is 0 Å². The first-order valence-corrected chi connectivity index (χ1v) is 10.4. The Morgan fingerprint density at radius 1 is 1.09 bits per heavy atom. The van der Waals surface area contributed by atoms with Gasteiger partial charge >= 0.3 is 5.69 Å². The molecule has 0 fully saturated rings. The summed E-state index contributed by atoms with van der Waals surface area (Å²) < 4.78 is 19.7. The lowest BCUT2D eigenvalue weighted by Gasteiger charge is -2.07. The molecule has 0 saturated carbocycles. The quantitative estimate of drug-likeness (QED) is 0.455. The number of carbonyl (C=O) groups is 1. The second-order valence-electron chi connectivity index (χ2n) is 7.04. The highest BCUT2D eigenvalue weighted by molar-refractivity contribution is 7.13. The molecular weight excluding hydrogens is 433 g/mol. The topological polar surface area (TPSA) is 99.6 Å². The van der Waals surface area contributed by atoms with E-state index >= 15 is 4.39 Å². The molecule has 0 aliphatic rings. The molecule has 0 saturated heterocycles. The number of fused-ring (bicyclic) bond motifs is 1. The summed E-state index contributed by atoms with van der Waals surface area (Å²) in [6.07, 6.45) is 2.99. The minimum Gasteiger partial charge on any atom is -0.296 e. The summed E-state index contributed by atoms with van der Waals surface area (Å²) in [5, 5.41) is 13.1. The number of amides is 1. The number of benzene rings is 2. The Morgan fingerprint density at radius 3 is 2.53 bits per heavy atom. The van der Waals surface area contributed by atoms with Crippen molar-refractivity contribution in [1.82, 2.24) is 29.1 Å². The van der Waals surface area contributed by atoms with E-state index in [2.05, 4.69) is 20.5 Å². The summed E-state index contributed by atoms with van der Waals surface area (Å²) in [5.41, 5.74) is 1.72. The van der Waals surface area contributed by atoms with Gasteiger partial charge in [0, 0.05) is 31.2 Å². The van der Waals surface area contributed by atoms with Crippen LogP contribution in [-0.4, -0.2) is 35.0 Å². The third-order valence-electron chi connectivity index (χ3n) is 5.10. The Hall–Kier alpha value is -4.12. The molecule has 0 spiro atoms. The Balaban J connectivity index is 1.56. The van der Waals surface area contributed by atoms with E-state index < -0.39 is 11.7 Å². The number of aromatic nitrogens is 6. The van der Waals surface area contributed by atoms with Crippen molar-refractivity contribution < 1.29 is 9.18 Å². The van der Waals surface area contributed by atoms with Gasteiger partial charge in [0.1, 0.15) is 12.1 Å². The third kappa shape index (κ3) is 3.19. The molecule has 160 valence electrons. The van der Waals surface area contributed by atoms with Gasteiger partial charge in [0.05, 0.1) is 16.6 Å². The highest BCUT2D eigenvalue weighted by Crippen LogP contribution is 2.31. The maximum Gasteiger partial charge on any atom is 0.350 e. The molecule has 1 N–H and O–H groups in total. The van der Waals surface area contributed by atoms with Crippen molar-refractivity contribution in [3.8, 4) is 16.8 Å². The molecule has 0 radical (unpaired) electrons. The smallest absolute Gasteiger partial charge is 0.296 e. The molecule has 1 amide bonds. The lowest BCUT2D eigenvalue weighted by molar-refractivity contribution is 0.102. The third-order valence-corrected chi connectivity index (χ3v) is 5.79. The van der Waals surface area contributed by atoms with Crippen molar-refractivity contribution in [1.29, 1.82) is 0 Å². The number of nitrogens with one attached hydrogen (secondary N) is 1. The number of hydrogen-bond acceptors (Lipinski definition) is 6. The van der Waals surface area contributed by atoms with Crippen LogP contribution in [0.3, 0.4) is 0 Å². The van der Waals surface area contributed by atoms with Crippen molar-refractivity contribution in [2.24, 2.45) is 14.1 Å². The molecule has 0 atom stereocenters. The van der Waals surface area contributed by atoms with E-state index in [1.54, 1.807) is 62.1 Å². The first-order chi connectivity index (χ1) is 15.4. The predicted octanol–water partition coefficient (Wildman–Crippen LogP) is 2.97. The van der Waals surface area contributed by atoms with Gasteiger partial charge in [-0.2, -0.15) is 10.2 Å². The standard InChI is InChI=1S/C21H16FN7O2S/c1-27-15-8-7-14(12-3-5-13(6-4-12)29-11-24-28(2)21(29)31)17(22)16(15)18(26-27)19(30)25-20-23-9-10-32-20/h3-11H,1-2H3,(H,23,25,30). The van der Waals surface area contributed by atoms with Crippen LogP contribution in [0.15, 0.2) is 59.1 Å². The molecule has 0 aliphatic carbocycles. The molecule has 32 heavy (non-hydrogen) atoms. The average molecular weight is 449 g/mol. The number of rotatable bonds is 4. The minimum absolute atomic E-state index is 0.0180. The summed E-state index contributed by atoms with van der Waals surface area (Å²) in [4.78, 5) is 28.9. The number of carbonyl (C=O) groups excluding carboxylic acids is 1. The van der Waals surface area contributed by atoms with Gasteiger partial charge in [0.2, 0.25) is 0 Å². The van der Waals surface area contributed by atoms with Gasteiger partial charge < -0.3 is 0 Å². The normalized spacial score (nSPS) is 11.2. The predicted molar refractivity (Wildman–Crippen MR) is 119 cm³/mol. The zero-order valence-corrected chi connectivity index (χ0v) is 17.8. The summed E-state index contributed by atoms with van der Waals surface area (Å²) in [6, 6.07) is 10.2. The van der Waals surface area contributed by atoms with Gasteiger partial charge in [-0.05, 0) is 29.8 Å². The highest BCUT2D eigenvalue weighted by atomic mass is 32.1. The van der Waals surface area contributed by atoms with Crippen LogP contribution in [0.1, 0.15) is 10.5 Å². The van der Waals surface area contributed by atoms with Crippen molar-refractivity contribution in [3.05, 3.63) is 76.3 Å². The highest BCUT2D eigenvalue weighted by Gasteiger charge is 2.22. The van der Waals surface area contributed by atoms with E-state index in [1.807, 2.05) is 0 Å². The number of nitrogens with zero attached hydrogens (tertiary/aromatic N) is 6. The lowest BCUT2D eigenvalue weighted by atomic mass is 10.0. The van der Waals surface area contributed by atoms with E-state index in [0.29, 0.717) is 27.5 Å². The Labute approximate surface area is 184 Å². The molecule has 0 unspecified atom stereocenters. The van der Waals surface area contributed by atoms with E-state index in [0.717, 1.165) is 0 Å². The first-order valence-electron chi connectivity index (χ1n) is 9.51. The minimum atomic E-state index is -0.550. The molecule has 0 aliphatic heterocycles. The van der Waals surface area contributed by atoms with Gasteiger partial charge in [-0.25, -0.2) is 23.4 Å². The molecular formula is C21H16FN7O2S. The fraction of sp³-hybridized carbons (Fsp3) is 0.0952. The monoisotopic (exact) mass is 449 g/mol. The summed E-state index contributed by atoms with van der Waals surface area (Å²) in [5.74, 6) is -1.08. The number of hydrogen-bond donors (Lipinski definition) is 1. The van der Waals surface area contributed by atoms with E-state index in [-0.39, 0.29) is 16.8 Å². The van der Waals surface area contributed by atoms with Gasteiger partial charge in [0.15, 0.2) is 10.8 Å². The Morgan fingerprint density at radius 2 is 1.88 bits per heavy atom. The van der Waals surface area contributed by atoms with Crippen LogP contribution in [0.2, 0.25) is 0 Å². The zero-order valence-electron chi connectivity index (χ0n) is 17.0. The Kier molecular flexibility index (Phi) is 4.67. The first kappa shape index (κ1) is 19.8. The zero-order chi connectivity index (χ0) is 22.4. The van der Waals surface area contributed by atoms with Crippen LogP contribution >= 0.6 is 11.3 Å². The maximum absolute atomic E-state index is 15.6. The molecule has 9 nitrogen and oxygen atoms in total. The van der Waals surface area contributed by atoms with Crippen LogP contribution in [0.4, 0.5) is 9.52 Å². The van der Waals surface area contributed by atoms with Crippen molar-refractivity contribution in [2.45, 2.75) is 0 Å².